The third-order valence-electron chi connectivity index (χ3n) is 4.84. The predicted molar refractivity (Wildman–Crippen MR) is 94.4 cm³/mol. The number of rotatable bonds is 2. The highest BCUT2D eigenvalue weighted by Gasteiger charge is 2.26. The maximum atomic E-state index is 3.82. The van der Waals surface area contributed by atoms with Crippen LogP contribution in [0.1, 0.15) is 38.5 Å². The fraction of sp³-hybridized carbons (Fsp3) is 0.647. The number of hydrogen-bond donors (Lipinski definition) is 1. The summed E-state index contributed by atoms with van der Waals surface area (Å²) >= 11 is 2.38. The molecule has 20 heavy (non-hydrogen) atoms. The summed E-state index contributed by atoms with van der Waals surface area (Å²) in [5.41, 5.74) is 1.40. The first kappa shape index (κ1) is 14.6. The molecule has 1 aliphatic carbocycles. The molecular weight excluding hydrogens is 359 g/mol. The molecule has 110 valence electrons. The molecule has 2 aliphatic rings. The molecule has 0 aromatic heterocycles. The zero-order valence-electron chi connectivity index (χ0n) is 12.2. The summed E-state index contributed by atoms with van der Waals surface area (Å²) in [6.07, 6.45) is 8.44. The Hall–Kier alpha value is -0.290. The van der Waals surface area contributed by atoms with Crippen LogP contribution in [0.25, 0.3) is 0 Å². The lowest BCUT2D eigenvalue weighted by Gasteiger charge is -2.33. The average molecular weight is 384 g/mol. The van der Waals surface area contributed by atoms with E-state index in [1.54, 1.807) is 0 Å². The highest BCUT2D eigenvalue weighted by molar-refractivity contribution is 14.1. The smallest absolute Gasteiger partial charge is 0.0367 e. The Morgan fingerprint density at radius 3 is 2.50 bits per heavy atom. The van der Waals surface area contributed by atoms with Crippen molar-refractivity contribution in [2.75, 3.05) is 24.5 Å². The van der Waals surface area contributed by atoms with E-state index < -0.39 is 0 Å². The van der Waals surface area contributed by atoms with Gasteiger partial charge >= 0.3 is 0 Å². The van der Waals surface area contributed by atoms with Crippen LogP contribution >= 0.6 is 22.6 Å². The van der Waals surface area contributed by atoms with E-state index in [1.807, 2.05) is 0 Å². The molecule has 0 amide bonds. The molecule has 2 nitrogen and oxygen atoms in total. The van der Waals surface area contributed by atoms with Gasteiger partial charge in [0.15, 0.2) is 0 Å². The van der Waals surface area contributed by atoms with E-state index in [1.165, 1.54) is 67.4 Å². The first-order chi connectivity index (χ1) is 9.83. The molecule has 1 saturated heterocycles. The maximum absolute atomic E-state index is 3.82. The van der Waals surface area contributed by atoms with Crippen LogP contribution in [-0.2, 0) is 0 Å². The van der Waals surface area contributed by atoms with Crippen LogP contribution in [0.5, 0.6) is 0 Å². The van der Waals surface area contributed by atoms with Crippen molar-refractivity contribution < 1.29 is 0 Å². The van der Waals surface area contributed by atoms with E-state index in [4.69, 9.17) is 0 Å². The molecule has 3 heteroatoms. The number of benzene rings is 1. The molecule has 1 aliphatic heterocycles. The van der Waals surface area contributed by atoms with Gasteiger partial charge < -0.3 is 10.2 Å². The minimum absolute atomic E-state index is 0.692. The number of anilines is 1. The standard InChI is InChI=1S/C17H25IN2/c18-15-7-9-16(10-8-15)20-12-4-11-19-17(13-20)14-5-2-1-3-6-14/h7-10,14,17,19H,1-6,11-13H2. The van der Waals surface area contributed by atoms with Crippen LogP contribution in [0.2, 0.25) is 0 Å². The van der Waals surface area contributed by atoms with Crippen molar-refractivity contribution in [2.24, 2.45) is 5.92 Å². The molecule has 0 bridgehead atoms. The molecule has 1 aromatic rings. The normalized spacial score (nSPS) is 25.4. The van der Waals surface area contributed by atoms with Gasteiger partial charge in [0.05, 0.1) is 0 Å². The fourth-order valence-electron chi connectivity index (χ4n) is 3.69. The molecule has 0 radical (unpaired) electrons. The van der Waals surface area contributed by atoms with Crippen LogP contribution in [0.3, 0.4) is 0 Å². The number of hydrogen-bond acceptors (Lipinski definition) is 2. The van der Waals surface area contributed by atoms with Gasteiger partial charge in [0.1, 0.15) is 0 Å². The second kappa shape index (κ2) is 7.12. The molecule has 3 rings (SSSR count). The summed E-state index contributed by atoms with van der Waals surface area (Å²) in [4.78, 5) is 2.59. The van der Waals surface area contributed by atoms with Crippen LogP contribution in [0, 0.1) is 9.49 Å². The Morgan fingerprint density at radius 2 is 1.75 bits per heavy atom. The number of nitrogens with zero attached hydrogens (tertiary/aromatic N) is 1. The maximum Gasteiger partial charge on any atom is 0.0367 e. The third kappa shape index (κ3) is 3.67. The summed E-state index contributed by atoms with van der Waals surface area (Å²) < 4.78 is 1.32. The van der Waals surface area contributed by atoms with Crippen molar-refractivity contribution in [3.05, 3.63) is 27.8 Å². The molecule has 0 spiro atoms. The summed E-state index contributed by atoms with van der Waals surface area (Å²) in [6.45, 7) is 3.56. The zero-order valence-corrected chi connectivity index (χ0v) is 14.3. The molecule has 1 atom stereocenters. The van der Waals surface area contributed by atoms with Gasteiger partial charge in [0.25, 0.3) is 0 Å². The van der Waals surface area contributed by atoms with Crippen LogP contribution in [0.15, 0.2) is 24.3 Å². The largest absolute Gasteiger partial charge is 0.370 e. The first-order valence-corrected chi connectivity index (χ1v) is 9.15. The average Bonchev–Trinajstić information content (AvgIpc) is 2.75. The van der Waals surface area contributed by atoms with Crippen molar-refractivity contribution in [2.45, 2.75) is 44.6 Å². The molecule has 1 heterocycles. The quantitative estimate of drug-likeness (QED) is 0.775. The van der Waals surface area contributed by atoms with Gasteiger partial charge in [-0.2, -0.15) is 0 Å². The van der Waals surface area contributed by atoms with Crippen molar-refractivity contribution in [3.8, 4) is 0 Å². The lowest BCUT2D eigenvalue weighted by atomic mass is 9.83. The van der Waals surface area contributed by atoms with Gasteiger partial charge in [-0.05, 0) is 78.6 Å². The lowest BCUT2D eigenvalue weighted by molar-refractivity contribution is 0.277. The Kier molecular flexibility index (Phi) is 5.21. The van der Waals surface area contributed by atoms with E-state index in [2.05, 4.69) is 57.1 Å². The van der Waals surface area contributed by atoms with E-state index in [0.717, 1.165) is 5.92 Å². The van der Waals surface area contributed by atoms with Crippen molar-refractivity contribution in [3.63, 3.8) is 0 Å². The Morgan fingerprint density at radius 1 is 1.00 bits per heavy atom. The fourth-order valence-corrected chi connectivity index (χ4v) is 4.05. The first-order valence-electron chi connectivity index (χ1n) is 8.07. The summed E-state index contributed by atoms with van der Waals surface area (Å²) in [6, 6.07) is 9.71. The number of nitrogens with one attached hydrogen (secondary N) is 1. The SMILES string of the molecule is Ic1ccc(N2CCCNC(C3CCCCC3)C2)cc1. The highest BCUT2D eigenvalue weighted by Crippen LogP contribution is 2.28. The summed E-state index contributed by atoms with van der Waals surface area (Å²) in [5.74, 6) is 0.896. The van der Waals surface area contributed by atoms with Gasteiger partial charge in [-0.1, -0.05) is 19.3 Å². The lowest BCUT2D eigenvalue weighted by Crippen LogP contribution is -2.43. The number of halogens is 1. The monoisotopic (exact) mass is 384 g/mol. The predicted octanol–water partition coefficient (Wildman–Crippen LogP) is 4.04. The Bertz CT molecular complexity index is 412. The second-order valence-corrected chi connectivity index (χ2v) is 7.48. The molecule has 1 N–H and O–H groups in total. The van der Waals surface area contributed by atoms with Crippen molar-refractivity contribution >= 4 is 28.3 Å². The highest BCUT2D eigenvalue weighted by atomic mass is 127. The van der Waals surface area contributed by atoms with Gasteiger partial charge in [-0.25, -0.2) is 0 Å². The minimum Gasteiger partial charge on any atom is -0.370 e. The minimum atomic E-state index is 0.692. The molecule has 1 unspecified atom stereocenters. The van der Waals surface area contributed by atoms with Crippen LogP contribution < -0.4 is 10.2 Å². The van der Waals surface area contributed by atoms with Gasteiger partial charge in [-0.3, -0.25) is 0 Å². The van der Waals surface area contributed by atoms with Crippen LogP contribution in [-0.4, -0.2) is 25.7 Å². The van der Waals surface area contributed by atoms with Gasteiger partial charge in [0, 0.05) is 28.4 Å². The van der Waals surface area contributed by atoms with E-state index in [9.17, 15) is 0 Å². The zero-order chi connectivity index (χ0) is 13.8. The van der Waals surface area contributed by atoms with E-state index in [-0.39, 0.29) is 0 Å². The molecular formula is C17H25IN2. The Labute approximate surface area is 136 Å². The van der Waals surface area contributed by atoms with Crippen molar-refractivity contribution in [1.82, 2.24) is 5.32 Å². The molecule has 2 fully saturated rings. The summed E-state index contributed by atoms with van der Waals surface area (Å²) in [5, 5.41) is 3.82. The van der Waals surface area contributed by atoms with Gasteiger partial charge in [-0.15, -0.1) is 0 Å². The van der Waals surface area contributed by atoms with Crippen LogP contribution in [0.4, 0.5) is 5.69 Å². The Balaban J connectivity index is 1.69. The topological polar surface area (TPSA) is 15.3 Å². The molecule has 1 aromatic carbocycles. The van der Waals surface area contributed by atoms with E-state index >= 15 is 0 Å². The van der Waals surface area contributed by atoms with Gasteiger partial charge in [0.2, 0.25) is 0 Å². The summed E-state index contributed by atoms with van der Waals surface area (Å²) in [7, 11) is 0. The third-order valence-corrected chi connectivity index (χ3v) is 5.56. The second-order valence-electron chi connectivity index (χ2n) is 6.23. The molecule has 1 saturated carbocycles. The van der Waals surface area contributed by atoms with E-state index in [0.29, 0.717) is 6.04 Å². The van der Waals surface area contributed by atoms with Crippen molar-refractivity contribution in [1.29, 1.82) is 0 Å².